The molecule has 1 aliphatic carbocycles. The Morgan fingerprint density at radius 3 is 1.45 bits per heavy atom. The minimum Gasteiger partial charge on any atom is -0.208 e. The molecule has 0 atom stereocenters. The Balaban J connectivity index is 1.19. The van der Waals surface area contributed by atoms with E-state index in [0.717, 1.165) is 33.0 Å². The van der Waals surface area contributed by atoms with E-state index in [1.807, 2.05) is 0 Å². The number of rotatable bonds is 4. The number of benzene rings is 7. The van der Waals surface area contributed by atoms with Crippen molar-refractivity contribution in [3.8, 4) is 56.4 Å². The smallest absolute Gasteiger partial charge is 0.164 e. The quantitative estimate of drug-likeness (QED) is 0.201. The molecule has 0 radical (unpaired) electrons. The van der Waals surface area contributed by atoms with Gasteiger partial charge in [0.05, 0.1) is 0 Å². The Labute approximate surface area is 274 Å². The number of fused-ring (bicyclic) bond motifs is 5. The Morgan fingerprint density at radius 2 is 0.809 bits per heavy atom. The van der Waals surface area contributed by atoms with Gasteiger partial charge in [0, 0.05) is 22.1 Å². The van der Waals surface area contributed by atoms with Crippen LogP contribution in [0.4, 0.5) is 0 Å². The fourth-order valence-corrected chi connectivity index (χ4v) is 7.16. The maximum Gasteiger partial charge on any atom is 0.164 e. The minimum atomic E-state index is -0.0183. The molecule has 3 nitrogen and oxygen atoms in total. The predicted molar refractivity (Wildman–Crippen MR) is 194 cm³/mol. The molecule has 9 rings (SSSR count). The summed E-state index contributed by atoms with van der Waals surface area (Å²) in [6.07, 6.45) is 0. The SMILES string of the molecule is CC1(C)c2ccccc2-c2cc(-c3cccc(-c4nc(-c5ccc6ccccc6c5)nc(-c5ccc6ccccc6c5)n4)c3)ccc21. The highest BCUT2D eigenvalue weighted by atomic mass is 15.0. The molecule has 0 aliphatic heterocycles. The summed E-state index contributed by atoms with van der Waals surface area (Å²) in [4.78, 5) is 15.2. The van der Waals surface area contributed by atoms with Gasteiger partial charge in [-0.05, 0) is 79.2 Å². The van der Waals surface area contributed by atoms with Gasteiger partial charge in [-0.15, -0.1) is 0 Å². The average molecular weight is 602 g/mol. The molecule has 47 heavy (non-hydrogen) atoms. The molecule has 7 aromatic carbocycles. The van der Waals surface area contributed by atoms with Crippen LogP contribution in [0.15, 0.2) is 152 Å². The van der Waals surface area contributed by atoms with E-state index >= 15 is 0 Å². The largest absolute Gasteiger partial charge is 0.208 e. The highest BCUT2D eigenvalue weighted by Crippen LogP contribution is 2.49. The van der Waals surface area contributed by atoms with E-state index in [1.165, 1.54) is 38.6 Å². The van der Waals surface area contributed by atoms with Crippen molar-refractivity contribution in [2.45, 2.75) is 19.3 Å². The highest BCUT2D eigenvalue weighted by molar-refractivity contribution is 5.89. The van der Waals surface area contributed by atoms with Crippen molar-refractivity contribution in [3.63, 3.8) is 0 Å². The highest BCUT2D eigenvalue weighted by Gasteiger charge is 2.35. The molecule has 0 saturated heterocycles. The van der Waals surface area contributed by atoms with Crippen LogP contribution >= 0.6 is 0 Å². The fourth-order valence-electron chi connectivity index (χ4n) is 7.16. The first kappa shape index (κ1) is 27.4. The first-order valence-corrected chi connectivity index (χ1v) is 16.1. The first-order valence-electron chi connectivity index (χ1n) is 16.1. The van der Waals surface area contributed by atoms with Gasteiger partial charge in [0.2, 0.25) is 0 Å². The number of aromatic nitrogens is 3. The predicted octanol–water partition coefficient (Wildman–Crippen LogP) is 11.2. The molecule has 1 aromatic heterocycles. The van der Waals surface area contributed by atoms with Gasteiger partial charge in [0.1, 0.15) is 0 Å². The van der Waals surface area contributed by atoms with Gasteiger partial charge in [0.25, 0.3) is 0 Å². The zero-order valence-corrected chi connectivity index (χ0v) is 26.3. The summed E-state index contributed by atoms with van der Waals surface area (Å²) in [5, 5.41) is 4.69. The maximum absolute atomic E-state index is 5.09. The van der Waals surface area contributed by atoms with Crippen LogP contribution in [0.2, 0.25) is 0 Å². The molecule has 0 spiro atoms. The maximum atomic E-state index is 5.09. The molecule has 222 valence electrons. The summed E-state index contributed by atoms with van der Waals surface area (Å²) in [6, 6.07) is 53.8. The van der Waals surface area contributed by atoms with Crippen LogP contribution in [0, 0.1) is 0 Å². The molecule has 0 unspecified atom stereocenters. The third kappa shape index (κ3) is 4.62. The summed E-state index contributed by atoms with van der Waals surface area (Å²) < 4.78 is 0. The third-order valence-corrected chi connectivity index (χ3v) is 9.69. The number of hydrogen-bond donors (Lipinski definition) is 0. The lowest BCUT2D eigenvalue weighted by Crippen LogP contribution is -2.14. The molecule has 3 heteroatoms. The summed E-state index contributed by atoms with van der Waals surface area (Å²) >= 11 is 0. The molecule has 0 saturated carbocycles. The second-order valence-corrected chi connectivity index (χ2v) is 12.9. The second-order valence-electron chi connectivity index (χ2n) is 12.9. The standard InChI is InChI=1S/C44H31N3/c1-44(2)39-17-8-7-16-37(39)38-27-33(22-23-40(38)44)32-14-9-15-34(26-32)41-45-42(35-20-18-28-10-3-5-12-30(28)24-35)47-43(46-41)36-21-19-29-11-4-6-13-31(29)25-36/h3-27H,1-2H3. The molecule has 1 aliphatic rings. The first-order chi connectivity index (χ1) is 23.0. The Morgan fingerprint density at radius 1 is 0.340 bits per heavy atom. The van der Waals surface area contributed by atoms with E-state index in [9.17, 15) is 0 Å². The van der Waals surface area contributed by atoms with Gasteiger partial charge in [-0.25, -0.2) is 15.0 Å². The summed E-state index contributed by atoms with van der Waals surface area (Å²) in [6.45, 7) is 4.64. The molecule has 0 amide bonds. The molecular formula is C44H31N3. The Hall–Kier alpha value is -5.93. The lowest BCUT2D eigenvalue weighted by Gasteiger charge is -2.21. The van der Waals surface area contributed by atoms with Gasteiger partial charge in [0.15, 0.2) is 17.5 Å². The lowest BCUT2D eigenvalue weighted by atomic mass is 9.82. The van der Waals surface area contributed by atoms with Crippen molar-refractivity contribution >= 4 is 21.5 Å². The second kappa shape index (κ2) is 10.6. The monoisotopic (exact) mass is 601 g/mol. The molecular weight excluding hydrogens is 571 g/mol. The van der Waals surface area contributed by atoms with Crippen LogP contribution in [0.5, 0.6) is 0 Å². The van der Waals surface area contributed by atoms with Crippen LogP contribution in [0.1, 0.15) is 25.0 Å². The fraction of sp³-hybridized carbons (Fsp3) is 0.0682. The van der Waals surface area contributed by atoms with Crippen molar-refractivity contribution in [1.29, 1.82) is 0 Å². The molecule has 1 heterocycles. The van der Waals surface area contributed by atoms with Crippen LogP contribution < -0.4 is 0 Å². The van der Waals surface area contributed by atoms with E-state index in [1.54, 1.807) is 0 Å². The topological polar surface area (TPSA) is 38.7 Å². The molecule has 8 aromatic rings. The van der Waals surface area contributed by atoms with Crippen LogP contribution in [-0.4, -0.2) is 15.0 Å². The normalized spacial score (nSPS) is 13.1. The summed E-state index contributed by atoms with van der Waals surface area (Å²) in [5.41, 5.74) is 10.6. The van der Waals surface area contributed by atoms with Crippen LogP contribution in [-0.2, 0) is 5.41 Å². The zero-order chi connectivity index (χ0) is 31.5. The summed E-state index contributed by atoms with van der Waals surface area (Å²) in [5.74, 6) is 1.97. The third-order valence-electron chi connectivity index (χ3n) is 9.69. The summed E-state index contributed by atoms with van der Waals surface area (Å²) in [7, 11) is 0. The minimum absolute atomic E-state index is 0.0183. The van der Waals surface area contributed by atoms with Gasteiger partial charge in [-0.1, -0.05) is 141 Å². The number of nitrogens with zero attached hydrogens (tertiary/aromatic N) is 3. The van der Waals surface area contributed by atoms with Crippen molar-refractivity contribution in [1.82, 2.24) is 15.0 Å². The molecule has 0 N–H and O–H groups in total. The number of hydrogen-bond acceptors (Lipinski definition) is 3. The van der Waals surface area contributed by atoms with E-state index < -0.39 is 0 Å². The Kier molecular flexibility index (Phi) is 6.16. The van der Waals surface area contributed by atoms with Gasteiger partial charge in [-0.2, -0.15) is 0 Å². The molecule has 0 bridgehead atoms. The Bertz CT molecular complexity index is 2410. The van der Waals surface area contributed by atoms with Crippen molar-refractivity contribution in [2.24, 2.45) is 0 Å². The molecule has 0 fully saturated rings. The van der Waals surface area contributed by atoms with E-state index in [-0.39, 0.29) is 5.41 Å². The van der Waals surface area contributed by atoms with E-state index in [4.69, 9.17) is 15.0 Å². The zero-order valence-electron chi connectivity index (χ0n) is 26.3. The van der Waals surface area contributed by atoms with Crippen LogP contribution in [0.25, 0.3) is 78.0 Å². The van der Waals surface area contributed by atoms with Crippen molar-refractivity contribution in [3.05, 3.63) is 163 Å². The average Bonchev–Trinajstić information content (AvgIpc) is 3.36. The van der Waals surface area contributed by atoms with E-state index in [0.29, 0.717) is 17.5 Å². The van der Waals surface area contributed by atoms with Gasteiger partial charge < -0.3 is 0 Å². The van der Waals surface area contributed by atoms with Crippen LogP contribution in [0.3, 0.4) is 0 Å². The van der Waals surface area contributed by atoms with Gasteiger partial charge in [-0.3, -0.25) is 0 Å². The van der Waals surface area contributed by atoms with Crippen molar-refractivity contribution in [2.75, 3.05) is 0 Å². The lowest BCUT2D eigenvalue weighted by molar-refractivity contribution is 0.660. The van der Waals surface area contributed by atoms with Gasteiger partial charge >= 0.3 is 0 Å². The van der Waals surface area contributed by atoms with Crippen molar-refractivity contribution < 1.29 is 0 Å². The van der Waals surface area contributed by atoms with E-state index in [2.05, 4.69) is 166 Å².